The molecule has 0 unspecified atom stereocenters. The van der Waals surface area contributed by atoms with Crippen molar-refractivity contribution in [3.05, 3.63) is 65.2 Å². The Kier molecular flexibility index (Phi) is 6.83. The number of aliphatic hydroxyl groups excluding tert-OH is 1. The molecule has 0 radical (unpaired) electrons. The van der Waals surface area contributed by atoms with E-state index in [2.05, 4.69) is 0 Å². The molecule has 5 rings (SSSR count). The number of Topliss-reactive ketones (excluding diaryl/α,β-unsaturated/α-hetero) is 1. The van der Waals surface area contributed by atoms with Crippen LogP contribution in [0.5, 0.6) is 0 Å². The van der Waals surface area contributed by atoms with E-state index in [1.54, 1.807) is 45.4 Å². The minimum Gasteiger partial charge on any atom is -0.507 e. The number of likely N-dealkylation sites (N-methyl/N-ethyl adjacent to an activating group) is 2. The van der Waals surface area contributed by atoms with E-state index in [0.717, 1.165) is 0 Å². The molecule has 0 aliphatic carbocycles. The molecular weight excluding hydrogens is 524 g/mol. The molecule has 3 heterocycles. The van der Waals surface area contributed by atoms with Gasteiger partial charge in [0.1, 0.15) is 5.76 Å². The molecule has 0 aromatic heterocycles. The maximum atomic E-state index is 14.0. The van der Waals surface area contributed by atoms with Gasteiger partial charge in [0.15, 0.2) is 5.54 Å². The molecule has 0 saturated carbocycles. The standard InChI is InChI=1S/C27H30N4O7S/c1-28(2)11-12-31-25(34)24(33)22(27(31)20-9-4-5-10-21(20)29(3)26(27)35)23(32)18-7-6-8-19(17-18)39(36,37)30-13-15-38-16-14-30/h4-10,17,32H,11-16H2,1-3H3/t27-/m0/s1. The van der Waals surface area contributed by atoms with Crippen LogP contribution >= 0.6 is 0 Å². The van der Waals surface area contributed by atoms with Gasteiger partial charge in [0, 0.05) is 50.0 Å². The van der Waals surface area contributed by atoms with Gasteiger partial charge in [0.25, 0.3) is 17.6 Å². The Morgan fingerprint density at radius 3 is 2.44 bits per heavy atom. The third-order valence-corrected chi connectivity index (χ3v) is 9.32. The predicted octanol–water partition coefficient (Wildman–Crippen LogP) is 0.821. The lowest BCUT2D eigenvalue weighted by Crippen LogP contribution is -2.52. The molecule has 1 N–H and O–H groups in total. The topological polar surface area (TPSA) is 128 Å². The van der Waals surface area contributed by atoms with Crippen molar-refractivity contribution in [3.63, 3.8) is 0 Å². The molecule has 3 aliphatic rings. The molecule has 2 fully saturated rings. The van der Waals surface area contributed by atoms with Crippen molar-refractivity contribution in [3.8, 4) is 0 Å². The Morgan fingerprint density at radius 1 is 1.05 bits per heavy atom. The van der Waals surface area contributed by atoms with Crippen LogP contribution in [0.25, 0.3) is 5.76 Å². The van der Waals surface area contributed by atoms with Crippen LogP contribution in [0, 0.1) is 0 Å². The van der Waals surface area contributed by atoms with Gasteiger partial charge in [0.2, 0.25) is 10.0 Å². The molecule has 2 aromatic carbocycles. The third kappa shape index (κ3) is 4.06. The fourth-order valence-electron chi connectivity index (χ4n) is 5.46. The summed E-state index contributed by atoms with van der Waals surface area (Å²) in [4.78, 5) is 45.4. The highest BCUT2D eigenvalue weighted by Crippen LogP contribution is 2.53. The van der Waals surface area contributed by atoms with Crippen LogP contribution in [0.15, 0.2) is 59.0 Å². The van der Waals surface area contributed by atoms with Crippen molar-refractivity contribution in [2.24, 2.45) is 0 Å². The second-order valence-electron chi connectivity index (χ2n) is 9.95. The van der Waals surface area contributed by atoms with Gasteiger partial charge < -0.3 is 24.5 Å². The summed E-state index contributed by atoms with van der Waals surface area (Å²) in [5, 5.41) is 11.6. The fraction of sp³-hybridized carbons (Fsp3) is 0.370. The van der Waals surface area contributed by atoms with Crippen LogP contribution in [-0.2, 0) is 34.7 Å². The Balaban J connectivity index is 1.71. The molecule has 206 valence electrons. The van der Waals surface area contributed by atoms with E-state index in [1.807, 2.05) is 4.90 Å². The number of likely N-dealkylation sites (tertiary alicyclic amines) is 1. The zero-order valence-electron chi connectivity index (χ0n) is 22.0. The number of carbonyl (C=O) groups is 3. The number of aliphatic hydroxyl groups is 1. The Hall–Kier alpha value is -3.58. The first-order valence-electron chi connectivity index (χ1n) is 12.5. The number of amides is 2. The van der Waals surface area contributed by atoms with E-state index < -0.39 is 38.9 Å². The molecule has 0 bridgehead atoms. The van der Waals surface area contributed by atoms with E-state index in [9.17, 15) is 27.9 Å². The number of ketones is 1. The van der Waals surface area contributed by atoms with Gasteiger partial charge in [0.05, 0.1) is 23.7 Å². The normalized spacial score (nSPS) is 23.3. The maximum Gasteiger partial charge on any atom is 0.296 e. The van der Waals surface area contributed by atoms with E-state index in [1.165, 1.54) is 38.4 Å². The van der Waals surface area contributed by atoms with E-state index in [4.69, 9.17) is 4.74 Å². The molecule has 12 heteroatoms. The summed E-state index contributed by atoms with van der Waals surface area (Å²) in [5.41, 5.74) is -1.36. The van der Waals surface area contributed by atoms with Gasteiger partial charge in [-0.3, -0.25) is 14.4 Å². The van der Waals surface area contributed by atoms with E-state index in [-0.39, 0.29) is 48.9 Å². The SMILES string of the molecule is CN(C)CCN1C(=O)C(=O)C(=C(O)c2cccc(S(=O)(=O)N3CCOCC3)c2)[C@@]12C(=O)N(C)c1ccccc12. The lowest BCUT2D eigenvalue weighted by Gasteiger charge is -2.34. The Bertz CT molecular complexity index is 1500. The molecule has 1 spiro atoms. The number of carbonyl (C=O) groups excluding carboxylic acids is 3. The molecule has 2 aromatic rings. The highest BCUT2D eigenvalue weighted by atomic mass is 32.2. The van der Waals surface area contributed by atoms with E-state index >= 15 is 0 Å². The van der Waals surface area contributed by atoms with Crippen molar-refractivity contribution in [2.75, 3.05) is 65.4 Å². The average Bonchev–Trinajstić information content (AvgIpc) is 3.30. The van der Waals surface area contributed by atoms with Gasteiger partial charge in [-0.2, -0.15) is 4.31 Å². The van der Waals surface area contributed by atoms with Crippen LogP contribution in [0.2, 0.25) is 0 Å². The molecule has 1 atom stereocenters. The number of hydrogen-bond acceptors (Lipinski definition) is 8. The zero-order chi connectivity index (χ0) is 28.1. The average molecular weight is 555 g/mol. The number of morpholine rings is 1. The van der Waals surface area contributed by atoms with E-state index in [0.29, 0.717) is 17.8 Å². The smallest absolute Gasteiger partial charge is 0.296 e. The Labute approximate surface area is 226 Å². The second-order valence-corrected chi connectivity index (χ2v) is 11.9. The number of nitrogens with zero attached hydrogens (tertiary/aromatic N) is 4. The minimum absolute atomic E-state index is 0.00848. The number of hydrogen-bond donors (Lipinski definition) is 1. The first kappa shape index (κ1) is 27.0. The quantitative estimate of drug-likeness (QED) is 0.316. The molecular formula is C27H30N4O7S. The van der Waals surface area contributed by atoms with Crippen LogP contribution in [0.4, 0.5) is 5.69 Å². The molecule has 39 heavy (non-hydrogen) atoms. The van der Waals surface area contributed by atoms with Crippen LogP contribution in [0.3, 0.4) is 0 Å². The molecule has 11 nitrogen and oxygen atoms in total. The zero-order valence-corrected chi connectivity index (χ0v) is 22.8. The largest absolute Gasteiger partial charge is 0.507 e. The number of sulfonamides is 1. The van der Waals surface area contributed by atoms with Gasteiger partial charge in [-0.25, -0.2) is 8.42 Å². The molecule has 2 amide bonds. The first-order chi connectivity index (χ1) is 18.5. The van der Waals surface area contributed by atoms with Crippen LogP contribution in [0.1, 0.15) is 11.1 Å². The number of para-hydroxylation sites is 1. The summed E-state index contributed by atoms with van der Waals surface area (Å²) < 4.78 is 33.1. The predicted molar refractivity (Wildman–Crippen MR) is 142 cm³/mol. The highest BCUT2D eigenvalue weighted by Gasteiger charge is 2.66. The molecule has 2 saturated heterocycles. The summed E-state index contributed by atoms with van der Waals surface area (Å²) in [6.45, 7) is 1.33. The minimum atomic E-state index is -3.91. The monoisotopic (exact) mass is 554 g/mol. The van der Waals surface area contributed by atoms with Crippen molar-refractivity contribution in [1.29, 1.82) is 0 Å². The maximum absolute atomic E-state index is 14.0. The lowest BCUT2D eigenvalue weighted by atomic mass is 9.82. The summed E-state index contributed by atoms with van der Waals surface area (Å²) in [7, 11) is 1.25. The highest BCUT2D eigenvalue weighted by molar-refractivity contribution is 7.89. The van der Waals surface area contributed by atoms with Gasteiger partial charge in [-0.1, -0.05) is 30.3 Å². The molecule has 3 aliphatic heterocycles. The van der Waals surface area contributed by atoms with Crippen molar-refractivity contribution >= 4 is 39.1 Å². The summed E-state index contributed by atoms with van der Waals surface area (Å²) in [6.07, 6.45) is 0. The number of benzene rings is 2. The number of fused-ring (bicyclic) bond motifs is 2. The number of ether oxygens (including phenoxy) is 1. The van der Waals surface area contributed by atoms with Crippen molar-refractivity contribution in [2.45, 2.75) is 10.4 Å². The number of anilines is 1. The summed E-state index contributed by atoms with van der Waals surface area (Å²) in [5.74, 6) is -3.08. The number of rotatable bonds is 6. The van der Waals surface area contributed by atoms with Gasteiger partial charge in [-0.05, 0) is 32.3 Å². The lowest BCUT2D eigenvalue weighted by molar-refractivity contribution is -0.143. The van der Waals surface area contributed by atoms with Crippen molar-refractivity contribution in [1.82, 2.24) is 14.1 Å². The van der Waals surface area contributed by atoms with Crippen LogP contribution in [-0.4, -0.2) is 106 Å². The summed E-state index contributed by atoms with van der Waals surface area (Å²) in [6, 6.07) is 12.4. The van der Waals surface area contributed by atoms with Crippen LogP contribution < -0.4 is 4.90 Å². The van der Waals surface area contributed by atoms with Gasteiger partial charge in [-0.15, -0.1) is 0 Å². The third-order valence-electron chi connectivity index (χ3n) is 7.43. The Morgan fingerprint density at radius 2 is 1.74 bits per heavy atom. The summed E-state index contributed by atoms with van der Waals surface area (Å²) >= 11 is 0. The second kappa shape index (κ2) is 9.87. The van der Waals surface area contributed by atoms with Gasteiger partial charge >= 0.3 is 0 Å². The van der Waals surface area contributed by atoms with Crippen molar-refractivity contribution < 1.29 is 32.6 Å². The fourth-order valence-corrected chi connectivity index (χ4v) is 6.91. The first-order valence-corrected chi connectivity index (χ1v) is 14.0.